The van der Waals surface area contributed by atoms with Crippen molar-refractivity contribution >= 4 is 5.78 Å². The molecule has 0 spiro atoms. The first kappa shape index (κ1) is 18.0. The summed E-state index contributed by atoms with van der Waals surface area (Å²) in [6.45, 7) is 8.02. The maximum absolute atomic E-state index is 12.6. The Balaban J connectivity index is 1.66. The van der Waals surface area contributed by atoms with Crippen LogP contribution in [0.2, 0.25) is 0 Å². The van der Waals surface area contributed by atoms with E-state index in [-0.39, 0.29) is 10.8 Å². The second kappa shape index (κ2) is 6.05. The molecule has 142 valence electrons. The SMILES string of the molecule is CCOC[C@]12CC[C@@](C)(O)C[C@@H]1CC[C@@H]1[C@@H]2CC[C@]2(C)C(=O)CC[C@@H]12. The second-order valence-electron chi connectivity index (χ2n) is 10.1. The van der Waals surface area contributed by atoms with Crippen LogP contribution in [0.4, 0.5) is 0 Å². The number of ketones is 1. The fraction of sp³-hybridized carbons (Fsp3) is 0.955. The van der Waals surface area contributed by atoms with E-state index in [1.54, 1.807) is 0 Å². The van der Waals surface area contributed by atoms with Crippen molar-refractivity contribution in [2.24, 2.45) is 34.5 Å². The first-order chi connectivity index (χ1) is 11.8. The third-order valence-corrected chi connectivity index (χ3v) is 8.94. The van der Waals surface area contributed by atoms with Crippen molar-refractivity contribution in [2.75, 3.05) is 13.2 Å². The van der Waals surface area contributed by atoms with Gasteiger partial charge in [0, 0.05) is 18.4 Å². The van der Waals surface area contributed by atoms with Crippen molar-refractivity contribution in [3.63, 3.8) is 0 Å². The molecule has 0 unspecified atom stereocenters. The maximum atomic E-state index is 12.6. The van der Waals surface area contributed by atoms with E-state index < -0.39 is 5.60 Å². The van der Waals surface area contributed by atoms with Gasteiger partial charge in [-0.2, -0.15) is 0 Å². The molecule has 0 aromatic rings. The Labute approximate surface area is 152 Å². The Morgan fingerprint density at radius 2 is 1.88 bits per heavy atom. The van der Waals surface area contributed by atoms with Crippen LogP contribution in [-0.4, -0.2) is 29.7 Å². The fourth-order valence-electron chi connectivity index (χ4n) is 7.58. The molecule has 0 aromatic heterocycles. The van der Waals surface area contributed by atoms with Crippen LogP contribution < -0.4 is 0 Å². The van der Waals surface area contributed by atoms with Gasteiger partial charge in [-0.1, -0.05) is 6.92 Å². The van der Waals surface area contributed by atoms with Gasteiger partial charge in [0.25, 0.3) is 0 Å². The lowest BCUT2D eigenvalue weighted by Crippen LogP contribution is -2.58. The minimum absolute atomic E-state index is 0.0407. The molecule has 0 bridgehead atoms. The molecule has 3 nitrogen and oxygen atoms in total. The van der Waals surface area contributed by atoms with E-state index in [4.69, 9.17) is 4.74 Å². The van der Waals surface area contributed by atoms with Crippen LogP contribution in [0.5, 0.6) is 0 Å². The van der Waals surface area contributed by atoms with Gasteiger partial charge < -0.3 is 9.84 Å². The quantitative estimate of drug-likeness (QED) is 0.824. The number of carbonyl (C=O) groups is 1. The number of ether oxygens (including phenoxy) is 1. The van der Waals surface area contributed by atoms with Crippen molar-refractivity contribution in [2.45, 2.75) is 84.2 Å². The summed E-state index contributed by atoms with van der Waals surface area (Å²) >= 11 is 0. The number of Topliss-reactive ketones (excluding diaryl/α,β-unsaturated/α-hetero) is 1. The summed E-state index contributed by atoms with van der Waals surface area (Å²) in [5.74, 6) is 3.11. The standard InChI is InChI=1S/C22H36O3/c1-4-25-14-22-12-11-20(2,24)13-15(22)5-6-16-17-7-8-19(23)21(17,3)10-9-18(16)22/h15-18,24H,4-14H2,1-3H3/t15-,16-,17-,18-,20+,21-,22+/m0/s1. The zero-order valence-corrected chi connectivity index (χ0v) is 16.4. The van der Waals surface area contributed by atoms with Gasteiger partial charge in [0.15, 0.2) is 0 Å². The lowest BCUT2D eigenvalue weighted by atomic mass is 9.44. The van der Waals surface area contributed by atoms with Gasteiger partial charge in [0.1, 0.15) is 5.78 Å². The van der Waals surface area contributed by atoms with Crippen molar-refractivity contribution < 1.29 is 14.6 Å². The molecule has 0 aromatic carbocycles. The fourth-order valence-corrected chi connectivity index (χ4v) is 7.58. The topological polar surface area (TPSA) is 46.5 Å². The zero-order chi connectivity index (χ0) is 17.9. The molecule has 4 rings (SSSR count). The highest BCUT2D eigenvalue weighted by Crippen LogP contribution is 2.66. The summed E-state index contributed by atoms with van der Waals surface area (Å²) in [4.78, 5) is 12.6. The monoisotopic (exact) mass is 348 g/mol. The van der Waals surface area contributed by atoms with E-state index in [9.17, 15) is 9.90 Å². The van der Waals surface area contributed by atoms with E-state index in [2.05, 4.69) is 13.8 Å². The van der Waals surface area contributed by atoms with Crippen molar-refractivity contribution in [1.82, 2.24) is 0 Å². The lowest BCUT2D eigenvalue weighted by Gasteiger charge is -2.62. The Kier molecular flexibility index (Phi) is 4.35. The van der Waals surface area contributed by atoms with Crippen LogP contribution in [0, 0.1) is 34.5 Å². The Bertz CT molecular complexity index is 541. The minimum atomic E-state index is -0.500. The average molecular weight is 349 g/mol. The number of rotatable bonds is 3. The summed E-state index contributed by atoms with van der Waals surface area (Å²) < 4.78 is 6.06. The summed E-state index contributed by atoms with van der Waals surface area (Å²) in [7, 11) is 0. The molecule has 4 aliphatic carbocycles. The maximum Gasteiger partial charge on any atom is 0.139 e. The van der Waals surface area contributed by atoms with Crippen LogP contribution in [0.3, 0.4) is 0 Å². The van der Waals surface area contributed by atoms with Crippen LogP contribution >= 0.6 is 0 Å². The van der Waals surface area contributed by atoms with Gasteiger partial charge in [-0.05, 0) is 94.3 Å². The van der Waals surface area contributed by atoms with E-state index in [0.29, 0.717) is 29.5 Å². The van der Waals surface area contributed by atoms with Gasteiger partial charge in [-0.15, -0.1) is 0 Å². The van der Waals surface area contributed by atoms with Crippen LogP contribution in [0.25, 0.3) is 0 Å². The number of hydrogen-bond donors (Lipinski definition) is 1. The summed E-state index contributed by atoms with van der Waals surface area (Å²) in [5.41, 5.74) is -0.297. The summed E-state index contributed by atoms with van der Waals surface area (Å²) in [5, 5.41) is 10.7. The lowest BCUT2D eigenvalue weighted by molar-refractivity contribution is -0.176. The third-order valence-electron chi connectivity index (χ3n) is 8.94. The van der Waals surface area contributed by atoms with Crippen LogP contribution in [0.1, 0.15) is 78.6 Å². The smallest absolute Gasteiger partial charge is 0.139 e. The first-order valence-electron chi connectivity index (χ1n) is 10.7. The van der Waals surface area contributed by atoms with Gasteiger partial charge >= 0.3 is 0 Å². The molecule has 0 saturated heterocycles. The van der Waals surface area contributed by atoms with Crippen molar-refractivity contribution in [1.29, 1.82) is 0 Å². The Morgan fingerprint density at radius 1 is 1.08 bits per heavy atom. The predicted molar refractivity (Wildman–Crippen MR) is 98.2 cm³/mol. The first-order valence-corrected chi connectivity index (χ1v) is 10.7. The predicted octanol–water partition coefficient (Wildman–Crippen LogP) is 4.37. The van der Waals surface area contributed by atoms with Gasteiger partial charge in [-0.25, -0.2) is 0 Å². The average Bonchev–Trinajstić information content (AvgIpc) is 2.88. The molecule has 3 heteroatoms. The Hall–Kier alpha value is -0.410. The number of hydrogen-bond acceptors (Lipinski definition) is 3. The molecular weight excluding hydrogens is 312 g/mol. The highest BCUT2D eigenvalue weighted by Gasteiger charge is 2.62. The zero-order valence-electron chi connectivity index (χ0n) is 16.4. The number of aliphatic hydroxyl groups is 1. The highest BCUT2D eigenvalue weighted by atomic mass is 16.5. The van der Waals surface area contributed by atoms with Crippen LogP contribution in [0.15, 0.2) is 0 Å². The van der Waals surface area contributed by atoms with Crippen molar-refractivity contribution in [3.05, 3.63) is 0 Å². The molecule has 1 N–H and O–H groups in total. The molecule has 0 radical (unpaired) electrons. The van der Waals surface area contributed by atoms with Gasteiger partial charge in [0.05, 0.1) is 12.2 Å². The van der Waals surface area contributed by atoms with Crippen molar-refractivity contribution in [3.8, 4) is 0 Å². The molecule has 0 heterocycles. The molecule has 0 aliphatic heterocycles. The van der Waals surface area contributed by atoms with E-state index >= 15 is 0 Å². The summed E-state index contributed by atoms with van der Waals surface area (Å²) in [6.07, 6.45) is 9.60. The molecule has 7 atom stereocenters. The van der Waals surface area contributed by atoms with E-state index in [0.717, 1.165) is 51.7 Å². The molecule has 4 saturated carbocycles. The third kappa shape index (κ3) is 2.64. The normalized spacial score (nSPS) is 52.4. The largest absolute Gasteiger partial charge is 0.390 e. The van der Waals surface area contributed by atoms with E-state index in [1.165, 1.54) is 19.3 Å². The van der Waals surface area contributed by atoms with Gasteiger partial charge in [0.2, 0.25) is 0 Å². The van der Waals surface area contributed by atoms with E-state index in [1.807, 2.05) is 6.92 Å². The summed E-state index contributed by atoms with van der Waals surface area (Å²) in [6, 6.07) is 0. The molecular formula is C22H36O3. The second-order valence-corrected chi connectivity index (χ2v) is 10.1. The minimum Gasteiger partial charge on any atom is -0.390 e. The van der Waals surface area contributed by atoms with Crippen LogP contribution in [-0.2, 0) is 9.53 Å². The van der Waals surface area contributed by atoms with Gasteiger partial charge in [-0.3, -0.25) is 4.79 Å². The Morgan fingerprint density at radius 3 is 2.64 bits per heavy atom. The molecule has 25 heavy (non-hydrogen) atoms. The molecule has 4 aliphatic rings. The number of carbonyl (C=O) groups excluding carboxylic acids is 1. The molecule has 0 amide bonds. The number of fused-ring (bicyclic) bond motifs is 5. The molecule has 4 fully saturated rings. The highest BCUT2D eigenvalue weighted by molar-refractivity contribution is 5.87.